The first-order valence-electron chi connectivity index (χ1n) is 4.90. The van der Waals surface area contributed by atoms with E-state index in [2.05, 4.69) is 47.8 Å². The van der Waals surface area contributed by atoms with Gasteiger partial charge in [-0.25, -0.2) is 4.39 Å². The summed E-state index contributed by atoms with van der Waals surface area (Å²) in [5.74, 6) is -0.383. The van der Waals surface area contributed by atoms with Crippen LogP contribution in [0.4, 0.5) is 4.39 Å². The second-order valence-corrected chi connectivity index (χ2v) is 7.56. The van der Waals surface area contributed by atoms with Gasteiger partial charge in [0, 0.05) is 10.9 Å². The van der Waals surface area contributed by atoms with Gasteiger partial charge in [0.05, 0.1) is 13.1 Å². The molecular formula is C12H6Br3FOS. The van der Waals surface area contributed by atoms with Gasteiger partial charge in [-0.1, -0.05) is 12.1 Å². The number of halogens is 4. The standard InChI is InChI=1S/C12H6Br3FOS/c13-7-5-10(18-12(7)15)9(17)4-6-2-1-3-8(16)11(6)14/h1-3,5H,4H2. The van der Waals surface area contributed by atoms with Gasteiger partial charge in [0.25, 0.3) is 0 Å². The van der Waals surface area contributed by atoms with Gasteiger partial charge in [0.1, 0.15) is 5.82 Å². The van der Waals surface area contributed by atoms with Gasteiger partial charge in [0.2, 0.25) is 0 Å². The van der Waals surface area contributed by atoms with Crippen molar-refractivity contribution in [2.45, 2.75) is 6.42 Å². The number of benzene rings is 1. The molecule has 0 saturated carbocycles. The average molecular weight is 457 g/mol. The minimum absolute atomic E-state index is 0.0299. The summed E-state index contributed by atoms with van der Waals surface area (Å²) in [5.41, 5.74) is 0.653. The molecule has 0 saturated heterocycles. The number of hydrogen-bond donors (Lipinski definition) is 0. The van der Waals surface area contributed by atoms with Crippen LogP contribution >= 0.6 is 59.1 Å². The van der Waals surface area contributed by atoms with E-state index in [1.54, 1.807) is 18.2 Å². The van der Waals surface area contributed by atoms with Crippen molar-refractivity contribution in [3.63, 3.8) is 0 Å². The number of hydrogen-bond acceptors (Lipinski definition) is 2. The summed E-state index contributed by atoms with van der Waals surface area (Å²) in [5, 5.41) is 0. The Kier molecular flexibility index (Phi) is 4.75. The summed E-state index contributed by atoms with van der Waals surface area (Å²) in [6.07, 6.45) is 0.178. The molecule has 0 aliphatic rings. The minimum atomic E-state index is -0.353. The van der Waals surface area contributed by atoms with E-state index in [1.165, 1.54) is 17.4 Å². The highest BCUT2D eigenvalue weighted by molar-refractivity contribution is 9.13. The third-order valence-corrected chi connectivity index (χ3v) is 6.49. The molecule has 94 valence electrons. The summed E-state index contributed by atoms with van der Waals surface area (Å²) in [6.45, 7) is 0. The molecule has 0 N–H and O–H groups in total. The molecular weight excluding hydrogens is 451 g/mol. The predicted molar refractivity (Wildman–Crippen MR) is 81.9 cm³/mol. The Labute approximate surface area is 133 Å². The second-order valence-electron chi connectivity index (χ2n) is 3.55. The molecule has 0 radical (unpaired) electrons. The van der Waals surface area contributed by atoms with Gasteiger partial charge < -0.3 is 0 Å². The maximum Gasteiger partial charge on any atom is 0.177 e. The zero-order valence-corrected chi connectivity index (χ0v) is 14.4. The fraction of sp³-hybridized carbons (Fsp3) is 0.0833. The first-order chi connectivity index (χ1) is 8.49. The van der Waals surface area contributed by atoms with E-state index in [0.29, 0.717) is 14.9 Å². The normalized spacial score (nSPS) is 10.7. The number of carbonyl (C=O) groups excluding carboxylic acids is 1. The Morgan fingerprint density at radius 3 is 2.61 bits per heavy atom. The fourth-order valence-corrected chi connectivity index (χ4v) is 3.81. The van der Waals surface area contributed by atoms with Crippen LogP contribution in [0.1, 0.15) is 15.2 Å². The minimum Gasteiger partial charge on any atom is -0.293 e. The summed E-state index contributed by atoms with van der Waals surface area (Å²) in [6, 6.07) is 6.46. The van der Waals surface area contributed by atoms with E-state index in [4.69, 9.17) is 0 Å². The fourth-order valence-electron chi connectivity index (χ4n) is 1.43. The van der Waals surface area contributed by atoms with Crippen molar-refractivity contribution in [3.8, 4) is 0 Å². The van der Waals surface area contributed by atoms with E-state index in [0.717, 1.165) is 8.26 Å². The van der Waals surface area contributed by atoms with Crippen LogP contribution in [0, 0.1) is 5.82 Å². The smallest absolute Gasteiger partial charge is 0.177 e. The molecule has 18 heavy (non-hydrogen) atoms. The molecule has 0 aliphatic carbocycles. The molecule has 2 aromatic rings. The Bertz CT molecular complexity index is 590. The molecule has 1 aromatic carbocycles. The van der Waals surface area contributed by atoms with Gasteiger partial charge in [-0.2, -0.15) is 0 Å². The van der Waals surface area contributed by atoms with Crippen molar-refractivity contribution in [1.82, 2.24) is 0 Å². The Morgan fingerprint density at radius 1 is 1.28 bits per heavy atom. The maximum atomic E-state index is 13.3. The van der Waals surface area contributed by atoms with Crippen molar-refractivity contribution in [2.24, 2.45) is 0 Å². The van der Waals surface area contributed by atoms with Gasteiger partial charge in [-0.3, -0.25) is 4.79 Å². The number of rotatable bonds is 3. The SMILES string of the molecule is O=C(Cc1cccc(F)c1Br)c1cc(Br)c(Br)s1. The van der Waals surface area contributed by atoms with E-state index in [9.17, 15) is 9.18 Å². The highest BCUT2D eigenvalue weighted by Gasteiger charge is 2.15. The van der Waals surface area contributed by atoms with Crippen LogP contribution < -0.4 is 0 Å². The molecule has 0 spiro atoms. The largest absolute Gasteiger partial charge is 0.293 e. The van der Waals surface area contributed by atoms with E-state index in [1.807, 2.05) is 0 Å². The van der Waals surface area contributed by atoms with E-state index >= 15 is 0 Å². The molecule has 0 atom stereocenters. The predicted octanol–water partition coefficient (Wildman–Crippen LogP) is 5.60. The summed E-state index contributed by atoms with van der Waals surface area (Å²) >= 11 is 11.2. The molecule has 0 bridgehead atoms. The summed E-state index contributed by atoms with van der Waals surface area (Å²) < 4.78 is 15.4. The lowest BCUT2D eigenvalue weighted by molar-refractivity contribution is 0.0996. The van der Waals surface area contributed by atoms with Crippen molar-refractivity contribution in [1.29, 1.82) is 0 Å². The van der Waals surface area contributed by atoms with Crippen LogP contribution in [0.2, 0.25) is 0 Å². The number of carbonyl (C=O) groups is 1. The number of ketones is 1. The third kappa shape index (κ3) is 3.10. The molecule has 2 rings (SSSR count). The van der Waals surface area contributed by atoms with Gasteiger partial charge >= 0.3 is 0 Å². The Hall–Kier alpha value is -0.0400. The average Bonchev–Trinajstić information content (AvgIpc) is 2.66. The molecule has 1 aromatic heterocycles. The highest BCUT2D eigenvalue weighted by atomic mass is 79.9. The lowest BCUT2D eigenvalue weighted by Crippen LogP contribution is -2.02. The van der Waals surface area contributed by atoms with E-state index < -0.39 is 0 Å². The molecule has 0 aliphatic heterocycles. The quantitative estimate of drug-likeness (QED) is 0.549. The van der Waals surface area contributed by atoms with Crippen molar-refractivity contribution in [3.05, 3.63) is 53.3 Å². The Balaban J connectivity index is 2.24. The van der Waals surface area contributed by atoms with Crippen molar-refractivity contribution < 1.29 is 9.18 Å². The Morgan fingerprint density at radius 2 is 2.00 bits per heavy atom. The molecule has 1 nitrogen and oxygen atoms in total. The number of thiophene rings is 1. The third-order valence-electron chi connectivity index (χ3n) is 2.30. The van der Waals surface area contributed by atoms with Crippen LogP contribution in [0.5, 0.6) is 0 Å². The monoisotopic (exact) mass is 454 g/mol. The van der Waals surface area contributed by atoms with Crippen molar-refractivity contribution in [2.75, 3.05) is 0 Å². The topological polar surface area (TPSA) is 17.1 Å². The maximum absolute atomic E-state index is 13.3. The van der Waals surface area contributed by atoms with E-state index in [-0.39, 0.29) is 18.0 Å². The molecule has 6 heteroatoms. The lowest BCUT2D eigenvalue weighted by atomic mass is 10.1. The van der Waals surface area contributed by atoms with Gasteiger partial charge in [-0.05, 0) is 65.5 Å². The molecule has 0 fully saturated rings. The molecule has 0 unspecified atom stereocenters. The zero-order chi connectivity index (χ0) is 13.3. The molecule has 0 amide bonds. The highest BCUT2D eigenvalue weighted by Crippen LogP contribution is 2.33. The lowest BCUT2D eigenvalue weighted by Gasteiger charge is -2.03. The first kappa shape index (κ1) is 14.4. The van der Waals surface area contributed by atoms with Crippen molar-refractivity contribution >= 4 is 64.9 Å². The first-order valence-corrected chi connectivity index (χ1v) is 8.09. The van der Waals surface area contributed by atoms with Crippen LogP contribution in [-0.4, -0.2) is 5.78 Å². The van der Waals surface area contributed by atoms with Gasteiger partial charge in [-0.15, -0.1) is 11.3 Å². The van der Waals surface area contributed by atoms with Crippen LogP contribution in [-0.2, 0) is 6.42 Å². The number of Topliss-reactive ketones (excluding diaryl/α,β-unsaturated/α-hetero) is 1. The summed E-state index contributed by atoms with van der Waals surface area (Å²) in [7, 11) is 0. The van der Waals surface area contributed by atoms with Crippen LogP contribution in [0.25, 0.3) is 0 Å². The molecule has 1 heterocycles. The van der Waals surface area contributed by atoms with Crippen LogP contribution in [0.15, 0.2) is 37.0 Å². The summed E-state index contributed by atoms with van der Waals surface area (Å²) in [4.78, 5) is 12.7. The second kappa shape index (κ2) is 5.94. The zero-order valence-electron chi connectivity index (χ0n) is 8.84. The van der Waals surface area contributed by atoms with Crippen LogP contribution in [0.3, 0.4) is 0 Å². The van der Waals surface area contributed by atoms with Gasteiger partial charge in [0.15, 0.2) is 5.78 Å².